The Morgan fingerprint density at radius 3 is 2.60 bits per heavy atom. The number of benzene rings is 2. The van der Waals surface area contributed by atoms with Crippen LogP contribution in [-0.4, -0.2) is 29.3 Å². The highest BCUT2D eigenvalue weighted by molar-refractivity contribution is 5.91. The lowest BCUT2D eigenvalue weighted by atomic mass is 10.2. The Bertz CT molecular complexity index is 584. The second kappa shape index (κ2) is 6.47. The summed E-state index contributed by atoms with van der Waals surface area (Å²) >= 11 is 0. The van der Waals surface area contributed by atoms with Crippen LogP contribution < -0.4 is 10.1 Å². The average molecular weight is 273 g/mol. The molecule has 2 aromatic rings. The quantitative estimate of drug-likeness (QED) is 0.557. The number of anilines is 1. The van der Waals surface area contributed by atoms with Gasteiger partial charge in [-0.1, -0.05) is 18.2 Å². The van der Waals surface area contributed by atoms with E-state index >= 15 is 0 Å². The lowest BCUT2D eigenvalue weighted by Gasteiger charge is -2.09. The SMILES string of the molecule is O=C(O)c1cc(NCCOc2ccccc2)ccc1O. The molecule has 0 spiro atoms. The summed E-state index contributed by atoms with van der Waals surface area (Å²) in [6.45, 7) is 0.978. The number of phenols is 1. The van der Waals surface area contributed by atoms with E-state index in [1.54, 1.807) is 6.07 Å². The number of carboxylic acids is 1. The number of carbonyl (C=O) groups is 1. The van der Waals surface area contributed by atoms with Gasteiger partial charge in [0.05, 0.1) is 0 Å². The smallest absolute Gasteiger partial charge is 0.339 e. The second-order valence-electron chi connectivity index (χ2n) is 4.13. The zero-order valence-electron chi connectivity index (χ0n) is 10.7. The number of rotatable bonds is 6. The predicted molar refractivity (Wildman–Crippen MR) is 75.5 cm³/mol. The fourth-order valence-electron chi connectivity index (χ4n) is 1.70. The van der Waals surface area contributed by atoms with Crippen molar-refractivity contribution in [1.82, 2.24) is 0 Å². The van der Waals surface area contributed by atoms with Crippen LogP contribution in [0.2, 0.25) is 0 Å². The molecule has 0 unspecified atom stereocenters. The molecule has 0 aliphatic rings. The fourth-order valence-corrected chi connectivity index (χ4v) is 1.70. The molecule has 0 fully saturated rings. The van der Waals surface area contributed by atoms with E-state index in [9.17, 15) is 9.90 Å². The summed E-state index contributed by atoms with van der Waals surface area (Å²) in [5.74, 6) is -0.624. The van der Waals surface area contributed by atoms with Crippen molar-refractivity contribution in [3.05, 3.63) is 54.1 Å². The van der Waals surface area contributed by atoms with Gasteiger partial charge in [-0.15, -0.1) is 0 Å². The largest absolute Gasteiger partial charge is 0.507 e. The Kier molecular flexibility index (Phi) is 4.44. The second-order valence-corrected chi connectivity index (χ2v) is 4.13. The van der Waals surface area contributed by atoms with Crippen LogP contribution in [0, 0.1) is 0 Å². The molecule has 0 aliphatic heterocycles. The van der Waals surface area contributed by atoms with E-state index in [1.807, 2.05) is 30.3 Å². The first-order valence-electron chi connectivity index (χ1n) is 6.15. The van der Waals surface area contributed by atoms with Crippen molar-refractivity contribution in [2.45, 2.75) is 0 Å². The molecule has 0 amide bonds. The maximum Gasteiger partial charge on any atom is 0.339 e. The summed E-state index contributed by atoms with van der Waals surface area (Å²) in [6, 6.07) is 13.8. The Morgan fingerprint density at radius 2 is 1.90 bits per heavy atom. The van der Waals surface area contributed by atoms with Gasteiger partial charge in [0.2, 0.25) is 0 Å². The first-order valence-corrected chi connectivity index (χ1v) is 6.15. The molecular weight excluding hydrogens is 258 g/mol. The minimum absolute atomic E-state index is 0.126. The Labute approximate surface area is 116 Å². The molecule has 3 N–H and O–H groups in total. The van der Waals surface area contributed by atoms with Crippen molar-refractivity contribution in [3.8, 4) is 11.5 Å². The molecular formula is C15H15NO4. The third-order valence-corrected chi connectivity index (χ3v) is 2.67. The van der Waals surface area contributed by atoms with Crippen LogP contribution in [0.5, 0.6) is 11.5 Å². The first kappa shape index (κ1) is 13.7. The topological polar surface area (TPSA) is 78.8 Å². The summed E-state index contributed by atoms with van der Waals surface area (Å²) in [5, 5.41) is 21.3. The van der Waals surface area contributed by atoms with E-state index in [4.69, 9.17) is 9.84 Å². The Balaban J connectivity index is 1.85. The van der Waals surface area contributed by atoms with Gasteiger partial charge in [-0.3, -0.25) is 0 Å². The number of nitrogens with one attached hydrogen (secondary N) is 1. The highest BCUT2D eigenvalue weighted by atomic mass is 16.5. The van der Waals surface area contributed by atoms with Gasteiger partial charge in [0.25, 0.3) is 0 Å². The van der Waals surface area contributed by atoms with Gasteiger partial charge < -0.3 is 20.3 Å². The van der Waals surface area contributed by atoms with E-state index in [0.717, 1.165) is 5.75 Å². The molecule has 0 bridgehead atoms. The molecule has 0 heterocycles. The molecule has 0 radical (unpaired) electrons. The van der Waals surface area contributed by atoms with Gasteiger partial charge in [-0.05, 0) is 30.3 Å². The molecule has 5 nitrogen and oxygen atoms in total. The average Bonchev–Trinajstić information content (AvgIpc) is 2.46. The van der Waals surface area contributed by atoms with Crippen molar-refractivity contribution in [2.24, 2.45) is 0 Å². The first-order chi connectivity index (χ1) is 9.66. The van der Waals surface area contributed by atoms with Crippen LogP contribution in [0.15, 0.2) is 48.5 Å². The maximum atomic E-state index is 10.9. The summed E-state index contributed by atoms with van der Waals surface area (Å²) < 4.78 is 5.50. The van der Waals surface area contributed by atoms with Crippen molar-refractivity contribution in [2.75, 3.05) is 18.5 Å². The lowest BCUT2D eigenvalue weighted by molar-refractivity contribution is 0.0694. The van der Waals surface area contributed by atoms with Crippen LogP contribution in [0.1, 0.15) is 10.4 Å². The van der Waals surface area contributed by atoms with E-state index in [2.05, 4.69) is 5.32 Å². The molecule has 0 atom stereocenters. The highest BCUT2D eigenvalue weighted by Crippen LogP contribution is 2.21. The van der Waals surface area contributed by atoms with Gasteiger partial charge in [0.15, 0.2) is 0 Å². The zero-order valence-corrected chi connectivity index (χ0v) is 10.7. The summed E-state index contributed by atoms with van der Waals surface area (Å²) in [6.07, 6.45) is 0. The number of hydrogen-bond donors (Lipinski definition) is 3. The van der Waals surface area contributed by atoms with Gasteiger partial charge in [0.1, 0.15) is 23.7 Å². The molecule has 0 aromatic heterocycles. The van der Waals surface area contributed by atoms with Crippen LogP contribution in [0.25, 0.3) is 0 Å². The minimum atomic E-state index is -1.16. The Hall–Kier alpha value is -2.69. The van der Waals surface area contributed by atoms with E-state index in [1.165, 1.54) is 12.1 Å². The molecule has 0 saturated carbocycles. The molecule has 104 valence electrons. The van der Waals surface area contributed by atoms with E-state index in [-0.39, 0.29) is 11.3 Å². The minimum Gasteiger partial charge on any atom is -0.507 e. The van der Waals surface area contributed by atoms with Gasteiger partial charge in [0, 0.05) is 12.2 Å². The molecule has 2 aromatic carbocycles. The predicted octanol–water partition coefficient (Wildman–Crippen LogP) is 2.58. The monoisotopic (exact) mass is 273 g/mol. The summed E-state index contributed by atoms with van der Waals surface area (Å²) in [7, 11) is 0. The molecule has 5 heteroatoms. The zero-order chi connectivity index (χ0) is 14.4. The number of hydrogen-bond acceptors (Lipinski definition) is 4. The fraction of sp³-hybridized carbons (Fsp3) is 0.133. The number of aromatic carboxylic acids is 1. The Morgan fingerprint density at radius 1 is 1.15 bits per heavy atom. The van der Waals surface area contributed by atoms with Gasteiger partial charge in [-0.25, -0.2) is 4.79 Å². The van der Waals surface area contributed by atoms with Gasteiger partial charge in [-0.2, -0.15) is 0 Å². The lowest BCUT2D eigenvalue weighted by Crippen LogP contribution is -2.11. The summed E-state index contributed by atoms with van der Waals surface area (Å²) in [5.41, 5.74) is 0.496. The molecule has 2 rings (SSSR count). The molecule has 20 heavy (non-hydrogen) atoms. The van der Waals surface area contributed by atoms with Crippen LogP contribution in [0.3, 0.4) is 0 Å². The molecule has 0 aliphatic carbocycles. The highest BCUT2D eigenvalue weighted by Gasteiger charge is 2.09. The van der Waals surface area contributed by atoms with Crippen molar-refractivity contribution in [1.29, 1.82) is 0 Å². The number of carboxylic acid groups (broad SMARTS) is 1. The van der Waals surface area contributed by atoms with Crippen LogP contribution in [-0.2, 0) is 0 Å². The standard InChI is InChI=1S/C15H15NO4/c17-14-7-6-11(10-13(14)15(18)19)16-8-9-20-12-4-2-1-3-5-12/h1-7,10,16-17H,8-9H2,(H,18,19). The van der Waals surface area contributed by atoms with E-state index in [0.29, 0.717) is 18.8 Å². The third kappa shape index (κ3) is 3.65. The normalized spacial score (nSPS) is 10.0. The molecule has 0 saturated heterocycles. The van der Waals surface area contributed by atoms with E-state index < -0.39 is 5.97 Å². The number of aromatic hydroxyl groups is 1. The number of para-hydroxylation sites is 1. The van der Waals surface area contributed by atoms with Crippen LogP contribution in [0.4, 0.5) is 5.69 Å². The van der Waals surface area contributed by atoms with Crippen molar-refractivity contribution < 1.29 is 19.7 Å². The maximum absolute atomic E-state index is 10.9. The van der Waals surface area contributed by atoms with Crippen molar-refractivity contribution in [3.63, 3.8) is 0 Å². The van der Waals surface area contributed by atoms with Gasteiger partial charge >= 0.3 is 5.97 Å². The summed E-state index contributed by atoms with van der Waals surface area (Å²) in [4.78, 5) is 10.9. The number of ether oxygens (including phenoxy) is 1. The van der Waals surface area contributed by atoms with Crippen LogP contribution >= 0.6 is 0 Å². The van der Waals surface area contributed by atoms with Crippen molar-refractivity contribution >= 4 is 11.7 Å². The third-order valence-electron chi connectivity index (χ3n) is 2.67.